The molecule has 0 aromatic carbocycles. The lowest BCUT2D eigenvalue weighted by molar-refractivity contribution is -0.870. The molecule has 0 aromatic rings. The molecular weight excluding hydrogens is 718 g/mol. The van der Waals surface area contributed by atoms with Crippen LogP contribution in [0.1, 0.15) is 172 Å². The molecule has 0 aliphatic carbocycles. The van der Waals surface area contributed by atoms with Crippen molar-refractivity contribution in [2.24, 2.45) is 23.7 Å². The van der Waals surface area contributed by atoms with Crippen LogP contribution in [0.3, 0.4) is 0 Å². The Labute approximate surface area is 348 Å². The van der Waals surface area contributed by atoms with Crippen molar-refractivity contribution in [2.75, 3.05) is 60.7 Å². The highest BCUT2D eigenvalue weighted by atomic mass is 31.2. The highest BCUT2D eigenvalue weighted by Crippen LogP contribution is 2.38. The fourth-order valence-electron chi connectivity index (χ4n) is 6.51. The zero-order chi connectivity index (χ0) is 42.4. The molecule has 330 valence electrons. The molecule has 7 nitrogen and oxygen atoms in total. The number of allylic oxidation sites excluding steroid dienone is 6. The number of hydrogen-bond acceptors (Lipinski definition) is 6. The number of quaternary nitrogens is 1. The van der Waals surface area contributed by atoms with Crippen LogP contribution < -0.4 is 4.89 Å². The molecule has 0 aliphatic rings. The fourth-order valence-corrected chi connectivity index (χ4v) is 7.24. The number of nitrogens with zero attached hydrogens (tertiary/aromatic N) is 1. The van der Waals surface area contributed by atoms with E-state index in [1.807, 2.05) is 21.1 Å². The molecule has 0 radical (unpaired) electrons. The van der Waals surface area contributed by atoms with E-state index in [0.29, 0.717) is 24.2 Å². The fraction of sp³-hybridized carbons (Fsp3) is 0.833. The first-order valence-corrected chi connectivity index (χ1v) is 24.0. The lowest BCUT2D eigenvalue weighted by Crippen LogP contribution is -2.37. The molecule has 0 bridgehead atoms. The van der Waals surface area contributed by atoms with Crippen molar-refractivity contribution < 1.29 is 32.5 Å². The number of phosphoric ester groups is 1. The Morgan fingerprint density at radius 3 is 1.50 bits per heavy atom. The highest BCUT2D eigenvalue weighted by molar-refractivity contribution is 7.45. The van der Waals surface area contributed by atoms with Crippen molar-refractivity contribution >= 4 is 7.82 Å². The summed E-state index contributed by atoms with van der Waals surface area (Å²) in [6, 6.07) is 0. The maximum Gasteiger partial charge on any atom is 0.268 e. The maximum atomic E-state index is 12.5. The maximum absolute atomic E-state index is 12.5. The minimum Gasteiger partial charge on any atom is -0.756 e. The summed E-state index contributed by atoms with van der Waals surface area (Å²) in [7, 11) is 1.49. The largest absolute Gasteiger partial charge is 0.756 e. The minimum absolute atomic E-state index is 0.0658. The summed E-state index contributed by atoms with van der Waals surface area (Å²) in [5, 5.41) is 0. The molecule has 0 heterocycles. The third-order valence-electron chi connectivity index (χ3n) is 10.6. The number of likely N-dealkylation sites (N-methyl/N-ethyl adjacent to an activating group) is 1. The quantitative estimate of drug-likeness (QED) is 0.0271. The predicted octanol–water partition coefficient (Wildman–Crippen LogP) is 13.2. The zero-order valence-electron chi connectivity index (χ0n) is 39.1. The molecule has 0 rings (SSSR count). The molecule has 4 atom stereocenters. The Hall–Kier alpha value is -1.05. The SMILES string of the molecule is C/C(=C\COC[C@H](COP(=O)([O-])OCC[N+](C)(C)C)OC/C=C(\C)CC/C=C(\C)CCCC(C)CCCC(C)C)CC/C=C(\C)CCCC(C)CCCC(C)C. The minimum atomic E-state index is -4.46. The van der Waals surface area contributed by atoms with E-state index >= 15 is 0 Å². The van der Waals surface area contributed by atoms with Gasteiger partial charge in [0.15, 0.2) is 0 Å². The first-order chi connectivity index (χ1) is 26.3. The summed E-state index contributed by atoms with van der Waals surface area (Å²) in [6.45, 7) is 24.3. The van der Waals surface area contributed by atoms with Gasteiger partial charge in [0.05, 0.1) is 47.6 Å². The van der Waals surface area contributed by atoms with Gasteiger partial charge in [-0.05, 0) is 103 Å². The predicted molar refractivity (Wildman–Crippen MR) is 240 cm³/mol. The lowest BCUT2D eigenvalue weighted by Gasteiger charge is -2.28. The van der Waals surface area contributed by atoms with Gasteiger partial charge in [0, 0.05) is 0 Å². The second kappa shape index (κ2) is 32.8. The molecule has 0 saturated heterocycles. The van der Waals surface area contributed by atoms with Crippen LogP contribution in [-0.2, 0) is 23.1 Å². The van der Waals surface area contributed by atoms with E-state index in [2.05, 4.69) is 93.5 Å². The molecule has 8 heteroatoms. The standard InChI is InChI=1S/C48H92NO6P/c1-40(2)20-14-22-42(5)24-16-26-44(7)28-18-30-46(9)32-35-52-38-48(39-55-56(50,51)54-37-34-49(11,12)13)53-36-33-47(10)31-19-29-45(8)27-17-25-43(6)23-15-21-41(3)4/h28-29,32-33,40-43,48H,14-27,30-31,34-39H2,1-13H3/b44-28+,45-29+,46-32+,47-33+/t42?,43?,48-/m1/s1. The van der Waals surface area contributed by atoms with E-state index in [-0.39, 0.29) is 19.8 Å². The number of ether oxygens (including phenoxy) is 2. The topological polar surface area (TPSA) is 77.1 Å². The zero-order valence-corrected chi connectivity index (χ0v) is 40.0. The summed E-state index contributed by atoms with van der Waals surface area (Å²) in [5.41, 5.74) is 5.49. The van der Waals surface area contributed by atoms with Crippen molar-refractivity contribution in [1.82, 2.24) is 0 Å². The molecule has 3 unspecified atom stereocenters. The Morgan fingerprint density at radius 2 is 1.04 bits per heavy atom. The monoisotopic (exact) mass is 810 g/mol. The first kappa shape index (κ1) is 55.0. The van der Waals surface area contributed by atoms with Crippen molar-refractivity contribution in [3.8, 4) is 0 Å². The van der Waals surface area contributed by atoms with E-state index in [1.165, 1.54) is 99.3 Å². The molecule has 0 saturated carbocycles. The van der Waals surface area contributed by atoms with E-state index in [1.54, 1.807) is 0 Å². The van der Waals surface area contributed by atoms with Gasteiger partial charge in [-0.1, -0.05) is 140 Å². The van der Waals surface area contributed by atoms with Gasteiger partial charge in [-0.3, -0.25) is 4.57 Å². The van der Waals surface area contributed by atoms with Gasteiger partial charge < -0.3 is 27.9 Å². The number of hydrogen-bond donors (Lipinski definition) is 0. The van der Waals surface area contributed by atoms with Crippen molar-refractivity contribution in [3.63, 3.8) is 0 Å². The molecule has 0 N–H and O–H groups in total. The van der Waals surface area contributed by atoms with Gasteiger partial charge in [0.2, 0.25) is 0 Å². The van der Waals surface area contributed by atoms with Crippen molar-refractivity contribution in [2.45, 2.75) is 178 Å². The normalized spacial score (nSPS) is 16.5. The second-order valence-electron chi connectivity index (χ2n) is 19.0. The van der Waals surface area contributed by atoms with Crippen LogP contribution in [0.15, 0.2) is 46.6 Å². The number of phosphoric acid groups is 1. The average Bonchev–Trinajstić information content (AvgIpc) is 3.07. The molecular formula is C48H92NO6P. The van der Waals surface area contributed by atoms with Crippen molar-refractivity contribution in [3.05, 3.63) is 46.6 Å². The Balaban J connectivity index is 4.86. The highest BCUT2D eigenvalue weighted by Gasteiger charge is 2.18. The molecule has 0 amide bonds. The summed E-state index contributed by atoms with van der Waals surface area (Å²) < 4.78 is 35.5. The Morgan fingerprint density at radius 1 is 0.589 bits per heavy atom. The smallest absolute Gasteiger partial charge is 0.268 e. The van der Waals surface area contributed by atoms with E-state index in [9.17, 15) is 9.46 Å². The summed E-state index contributed by atoms with van der Waals surface area (Å²) in [5.74, 6) is 3.25. The molecule has 0 aliphatic heterocycles. The number of rotatable bonds is 36. The van der Waals surface area contributed by atoms with Crippen molar-refractivity contribution in [1.29, 1.82) is 0 Å². The van der Waals surface area contributed by atoms with Crippen LogP contribution in [0.2, 0.25) is 0 Å². The lowest BCUT2D eigenvalue weighted by atomic mass is 9.94. The van der Waals surface area contributed by atoms with Gasteiger partial charge in [0.25, 0.3) is 7.82 Å². The Bertz CT molecular complexity index is 1150. The van der Waals surface area contributed by atoms with Crippen LogP contribution in [0.5, 0.6) is 0 Å². The average molecular weight is 810 g/mol. The van der Waals surface area contributed by atoms with Crippen LogP contribution in [0, 0.1) is 23.7 Å². The van der Waals surface area contributed by atoms with Gasteiger partial charge in [-0.15, -0.1) is 0 Å². The summed E-state index contributed by atoms with van der Waals surface area (Å²) in [6.07, 6.45) is 28.0. The second-order valence-corrected chi connectivity index (χ2v) is 20.4. The van der Waals surface area contributed by atoms with Crippen LogP contribution >= 0.6 is 7.82 Å². The Kier molecular flexibility index (Phi) is 32.1. The third kappa shape index (κ3) is 37.2. The first-order valence-electron chi connectivity index (χ1n) is 22.5. The molecule has 56 heavy (non-hydrogen) atoms. The van der Waals surface area contributed by atoms with Gasteiger partial charge in [0.1, 0.15) is 19.3 Å². The molecule has 0 aromatic heterocycles. The summed E-state index contributed by atoms with van der Waals surface area (Å²) in [4.78, 5) is 12.5. The third-order valence-corrected chi connectivity index (χ3v) is 11.6. The van der Waals surface area contributed by atoms with E-state index in [0.717, 1.165) is 49.4 Å². The van der Waals surface area contributed by atoms with E-state index < -0.39 is 13.9 Å². The van der Waals surface area contributed by atoms with Gasteiger partial charge in [-0.2, -0.15) is 0 Å². The van der Waals surface area contributed by atoms with Gasteiger partial charge in [-0.25, -0.2) is 0 Å². The van der Waals surface area contributed by atoms with Crippen LogP contribution in [-0.4, -0.2) is 71.3 Å². The molecule has 0 fully saturated rings. The van der Waals surface area contributed by atoms with Crippen LogP contribution in [0.25, 0.3) is 0 Å². The van der Waals surface area contributed by atoms with Gasteiger partial charge >= 0.3 is 0 Å². The van der Waals surface area contributed by atoms with E-state index in [4.69, 9.17) is 18.5 Å². The summed E-state index contributed by atoms with van der Waals surface area (Å²) >= 11 is 0. The molecule has 0 spiro atoms. The van der Waals surface area contributed by atoms with Crippen LogP contribution in [0.4, 0.5) is 0 Å².